The number of amides is 1. The van der Waals surface area contributed by atoms with Crippen LogP contribution in [0.15, 0.2) is 0 Å². The molecule has 1 fully saturated rings. The molecular weight excluding hydrogens is 212 g/mol. The van der Waals surface area contributed by atoms with Crippen molar-refractivity contribution in [2.45, 2.75) is 26.7 Å². The molecule has 2 heterocycles. The molecule has 15 heavy (non-hydrogen) atoms. The summed E-state index contributed by atoms with van der Waals surface area (Å²) in [6.45, 7) is 5.10. The van der Waals surface area contributed by atoms with E-state index in [2.05, 4.69) is 4.98 Å². The largest absolute Gasteiger partial charge is 0.289 e. The van der Waals surface area contributed by atoms with Crippen molar-refractivity contribution in [2.24, 2.45) is 0 Å². The monoisotopic (exact) mass is 226 g/mol. The molecule has 1 amide bonds. The Morgan fingerprint density at radius 3 is 2.80 bits per heavy atom. The molecule has 1 aliphatic rings. The number of nitrogens with zero attached hydrogens (tertiary/aromatic N) is 2. The minimum Gasteiger partial charge on any atom is -0.271 e. The highest BCUT2D eigenvalue weighted by Crippen LogP contribution is 2.20. The summed E-state index contributed by atoms with van der Waals surface area (Å²) in [5.74, 6) is -0.0437. The number of hydrogen-bond donors (Lipinski definition) is 0. The van der Waals surface area contributed by atoms with Gasteiger partial charge < -0.3 is 0 Å². The fourth-order valence-electron chi connectivity index (χ4n) is 1.60. The van der Waals surface area contributed by atoms with Crippen LogP contribution >= 0.6 is 11.3 Å². The summed E-state index contributed by atoms with van der Waals surface area (Å²) in [4.78, 5) is 22.3. The van der Waals surface area contributed by atoms with E-state index in [-0.39, 0.29) is 5.91 Å². The van der Waals surface area contributed by atoms with Gasteiger partial charge in [0.2, 0.25) is 0 Å². The van der Waals surface area contributed by atoms with E-state index in [9.17, 15) is 4.79 Å². The Morgan fingerprint density at radius 1 is 1.47 bits per heavy atom. The molecule has 0 unspecified atom stereocenters. The van der Waals surface area contributed by atoms with Gasteiger partial charge in [0.1, 0.15) is 4.88 Å². The number of carbonyl (C=O) groups excluding carboxylic acids is 1. The van der Waals surface area contributed by atoms with Gasteiger partial charge in [-0.1, -0.05) is 0 Å². The summed E-state index contributed by atoms with van der Waals surface area (Å²) >= 11 is 1.43. The van der Waals surface area contributed by atoms with Crippen LogP contribution in [0.3, 0.4) is 0 Å². The second kappa shape index (κ2) is 4.28. The number of aromatic nitrogens is 1. The van der Waals surface area contributed by atoms with Crippen LogP contribution in [-0.2, 0) is 4.84 Å². The maximum Gasteiger partial charge on any atom is 0.289 e. The Kier molecular flexibility index (Phi) is 3.02. The highest BCUT2D eigenvalue weighted by Gasteiger charge is 2.23. The van der Waals surface area contributed by atoms with Crippen LogP contribution < -0.4 is 0 Å². The topological polar surface area (TPSA) is 42.4 Å². The minimum atomic E-state index is -0.0437. The lowest BCUT2D eigenvalue weighted by Gasteiger charge is -2.25. The molecule has 0 N–H and O–H groups in total. The maximum atomic E-state index is 12.0. The van der Waals surface area contributed by atoms with Gasteiger partial charge in [-0.25, -0.2) is 10.0 Å². The first-order valence-corrected chi connectivity index (χ1v) is 5.89. The van der Waals surface area contributed by atoms with Gasteiger partial charge in [0.25, 0.3) is 5.91 Å². The van der Waals surface area contributed by atoms with Gasteiger partial charge in [-0.2, -0.15) is 0 Å². The summed E-state index contributed by atoms with van der Waals surface area (Å²) in [5.41, 5.74) is 0.802. The van der Waals surface area contributed by atoms with Crippen molar-refractivity contribution in [2.75, 3.05) is 13.2 Å². The summed E-state index contributed by atoms with van der Waals surface area (Å²) < 4.78 is 0. The third kappa shape index (κ3) is 2.18. The average molecular weight is 226 g/mol. The molecule has 0 atom stereocenters. The molecule has 0 aliphatic carbocycles. The average Bonchev–Trinajstić information content (AvgIpc) is 2.58. The van der Waals surface area contributed by atoms with Crippen molar-refractivity contribution in [3.63, 3.8) is 0 Å². The number of rotatable bonds is 1. The van der Waals surface area contributed by atoms with Crippen LogP contribution in [0, 0.1) is 13.8 Å². The normalized spacial score (nSPS) is 16.8. The number of carbonyl (C=O) groups is 1. The van der Waals surface area contributed by atoms with Gasteiger partial charge in [0, 0.05) is 6.54 Å². The molecule has 0 bridgehead atoms. The van der Waals surface area contributed by atoms with Crippen molar-refractivity contribution in [3.05, 3.63) is 15.6 Å². The predicted molar refractivity (Wildman–Crippen MR) is 57.8 cm³/mol. The standard InChI is InChI=1S/C10H14N2O2S/c1-7-9(15-8(2)11-7)10(13)12-5-3-4-6-14-12/h3-6H2,1-2H3. The van der Waals surface area contributed by atoms with Crippen LogP contribution in [0.2, 0.25) is 0 Å². The number of aryl methyl sites for hydroxylation is 2. The van der Waals surface area contributed by atoms with E-state index in [4.69, 9.17) is 4.84 Å². The van der Waals surface area contributed by atoms with Gasteiger partial charge in [-0.15, -0.1) is 11.3 Å². The molecule has 0 radical (unpaired) electrons. The summed E-state index contributed by atoms with van der Waals surface area (Å²) in [6, 6.07) is 0. The highest BCUT2D eigenvalue weighted by molar-refractivity contribution is 7.13. The first-order valence-electron chi connectivity index (χ1n) is 5.07. The zero-order valence-corrected chi connectivity index (χ0v) is 9.76. The van der Waals surface area contributed by atoms with Gasteiger partial charge >= 0.3 is 0 Å². The lowest BCUT2D eigenvalue weighted by molar-refractivity contribution is -0.144. The fraction of sp³-hybridized carbons (Fsp3) is 0.600. The molecule has 5 heteroatoms. The van der Waals surface area contributed by atoms with Crippen LogP contribution in [0.4, 0.5) is 0 Å². The quantitative estimate of drug-likeness (QED) is 0.734. The SMILES string of the molecule is Cc1nc(C)c(C(=O)N2CCCCO2)s1. The van der Waals surface area contributed by atoms with E-state index < -0.39 is 0 Å². The molecule has 0 aromatic carbocycles. The van der Waals surface area contributed by atoms with Crippen molar-refractivity contribution in [1.82, 2.24) is 10.0 Å². The first kappa shape index (κ1) is 10.6. The number of hydrogen-bond acceptors (Lipinski definition) is 4. The molecule has 1 aromatic heterocycles. The number of hydroxylamine groups is 2. The van der Waals surface area contributed by atoms with E-state index in [0.29, 0.717) is 18.0 Å². The highest BCUT2D eigenvalue weighted by atomic mass is 32.1. The van der Waals surface area contributed by atoms with Crippen molar-refractivity contribution in [1.29, 1.82) is 0 Å². The zero-order valence-electron chi connectivity index (χ0n) is 8.95. The molecule has 1 aromatic rings. The van der Waals surface area contributed by atoms with Crippen molar-refractivity contribution < 1.29 is 9.63 Å². The molecule has 82 valence electrons. The smallest absolute Gasteiger partial charge is 0.271 e. The van der Waals surface area contributed by atoms with Crippen LogP contribution in [-0.4, -0.2) is 29.1 Å². The third-order valence-corrected chi connectivity index (χ3v) is 3.39. The Morgan fingerprint density at radius 2 is 2.27 bits per heavy atom. The molecule has 0 saturated carbocycles. The third-order valence-electron chi connectivity index (χ3n) is 2.33. The van der Waals surface area contributed by atoms with E-state index >= 15 is 0 Å². The van der Waals surface area contributed by atoms with Gasteiger partial charge in [0.05, 0.1) is 17.3 Å². The predicted octanol–water partition coefficient (Wildman–Crippen LogP) is 1.93. The summed E-state index contributed by atoms with van der Waals surface area (Å²) in [7, 11) is 0. The van der Waals surface area contributed by atoms with Crippen molar-refractivity contribution in [3.8, 4) is 0 Å². The Hall–Kier alpha value is -0.940. The fourth-order valence-corrected chi connectivity index (χ4v) is 2.46. The molecule has 2 rings (SSSR count). The molecule has 1 saturated heterocycles. The van der Waals surface area contributed by atoms with Crippen LogP contribution in [0.5, 0.6) is 0 Å². The number of thiazole rings is 1. The second-order valence-corrected chi connectivity index (χ2v) is 4.80. The molecule has 1 aliphatic heterocycles. The van der Waals surface area contributed by atoms with Gasteiger partial charge in [-0.05, 0) is 26.7 Å². The maximum absolute atomic E-state index is 12.0. The minimum absolute atomic E-state index is 0.0437. The van der Waals surface area contributed by atoms with Crippen molar-refractivity contribution >= 4 is 17.2 Å². The Labute approximate surface area is 92.8 Å². The van der Waals surface area contributed by atoms with E-state index in [1.165, 1.54) is 16.4 Å². The summed E-state index contributed by atoms with van der Waals surface area (Å²) in [5, 5.41) is 2.39. The second-order valence-electron chi connectivity index (χ2n) is 3.60. The molecule has 4 nitrogen and oxygen atoms in total. The zero-order chi connectivity index (χ0) is 10.8. The molecular formula is C10H14N2O2S. The summed E-state index contributed by atoms with van der Waals surface area (Å²) in [6.07, 6.45) is 2.05. The lowest BCUT2D eigenvalue weighted by atomic mass is 10.3. The Bertz CT molecular complexity index is 369. The van der Waals surface area contributed by atoms with E-state index in [0.717, 1.165) is 23.5 Å². The Balaban J connectivity index is 2.16. The lowest BCUT2D eigenvalue weighted by Crippen LogP contribution is -2.35. The van der Waals surface area contributed by atoms with Crippen LogP contribution in [0.25, 0.3) is 0 Å². The van der Waals surface area contributed by atoms with E-state index in [1.807, 2.05) is 13.8 Å². The van der Waals surface area contributed by atoms with Gasteiger partial charge in [-0.3, -0.25) is 9.63 Å². The first-order chi connectivity index (χ1) is 7.18. The molecule has 0 spiro atoms. The van der Waals surface area contributed by atoms with E-state index in [1.54, 1.807) is 0 Å². The van der Waals surface area contributed by atoms with Gasteiger partial charge in [0.15, 0.2) is 0 Å². The van der Waals surface area contributed by atoms with Crippen LogP contribution in [0.1, 0.15) is 33.2 Å².